The lowest BCUT2D eigenvalue weighted by Crippen LogP contribution is -2.28. The van der Waals surface area contributed by atoms with Gasteiger partial charge in [0.2, 0.25) is 0 Å². The van der Waals surface area contributed by atoms with Crippen LogP contribution in [0.15, 0.2) is 35.7 Å². The van der Waals surface area contributed by atoms with Crippen molar-refractivity contribution < 1.29 is 0 Å². The zero-order valence-electron chi connectivity index (χ0n) is 10.9. The molecule has 4 heteroatoms. The third-order valence-corrected chi connectivity index (χ3v) is 5.50. The third-order valence-electron chi connectivity index (χ3n) is 3.35. The van der Waals surface area contributed by atoms with E-state index >= 15 is 0 Å². The monoisotopic (exact) mass is 288 g/mol. The fraction of sp³-hybridized carbons (Fsp3) is 0.200. The van der Waals surface area contributed by atoms with Crippen LogP contribution in [-0.4, -0.2) is 0 Å². The van der Waals surface area contributed by atoms with Crippen LogP contribution in [0.25, 0.3) is 9.40 Å². The van der Waals surface area contributed by atoms with Gasteiger partial charge < -0.3 is 0 Å². The van der Waals surface area contributed by atoms with Gasteiger partial charge in [-0.15, -0.1) is 22.7 Å². The number of hydrogen-bond donors (Lipinski definition) is 2. The average molecular weight is 288 g/mol. The molecule has 1 unspecified atom stereocenters. The molecule has 0 spiro atoms. The zero-order chi connectivity index (χ0) is 13.4. The maximum absolute atomic E-state index is 5.79. The van der Waals surface area contributed by atoms with Gasteiger partial charge in [-0.3, -0.25) is 5.84 Å². The predicted octanol–water partition coefficient (Wildman–Crippen LogP) is 4.13. The molecule has 0 aliphatic carbocycles. The van der Waals surface area contributed by atoms with Crippen LogP contribution < -0.4 is 11.3 Å². The van der Waals surface area contributed by atoms with E-state index in [4.69, 9.17) is 5.84 Å². The summed E-state index contributed by atoms with van der Waals surface area (Å²) in [6, 6.07) is 11.0. The molecule has 2 heterocycles. The number of fused-ring (bicyclic) bond motifs is 1. The Morgan fingerprint density at radius 2 is 1.95 bits per heavy atom. The minimum absolute atomic E-state index is 0.0743. The van der Waals surface area contributed by atoms with Crippen molar-refractivity contribution in [1.82, 2.24) is 5.43 Å². The number of hydrazine groups is 1. The molecule has 0 radical (unpaired) electrons. The van der Waals surface area contributed by atoms with Gasteiger partial charge in [-0.2, -0.15) is 0 Å². The number of hydrogen-bond acceptors (Lipinski definition) is 4. The Morgan fingerprint density at radius 3 is 2.63 bits per heavy atom. The van der Waals surface area contributed by atoms with Crippen LogP contribution in [-0.2, 0) is 0 Å². The van der Waals surface area contributed by atoms with Gasteiger partial charge in [-0.05, 0) is 42.5 Å². The SMILES string of the molecule is Cc1ccc(C(NN)c2cc3sccc3s2)c(C)c1. The summed E-state index contributed by atoms with van der Waals surface area (Å²) >= 11 is 3.59. The summed E-state index contributed by atoms with van der Waals surface area (Å²) in [6.45, 7) is 4.26. The summed E-state index contributed by atoms with van der Waals surface area (Å²) in [5, 5.41) is 2.13. The molecule has 3 N–H and O–H groups in total. The normalized spacial score (nSPS) is 13.0. The first-order valence-electron chi connectivity index (χ1n) is 6.19. The molecule has 1 aromatic carbocycles. The predicted molar refractivity (Wildman–Crippen MR) is 84.8 cm³/mol. The van der Waals surface area contributed by atoms with Crippen LogP contribution in [0.3, 0.4) is 0 Å². The first kappa shape index (κ1) is 12.8. The van der Waals surface area contributed by atoms with Crippen molar-refractivity contribution in [1.29, 1.82) is 0 Å². The van der Waals surface area contributed by atoms with E-state index < -0.39 is 0 Å². The fourth-order valence-corrected chi connectivity index (χ4v) is 4.60. The maximum Gasteiger partial charge on any atom is 0.0805 e. The molecule has 3 rings (SSSR count). The molecular formula is C15H16N2S2. The van der Waals surface area contributed by atoms with Gasteiger partial charge >= 0.3 is 0 Å². The Balaban J connectivity index is 2.06. The average Bonchev–Trinajstić information content (AvgIpc) is 2.93. The number of nitrogens with two attached hydrogens (primary N) is 1. The van der Waals surface area contributed by atoms with Gasteiger partial charge in [0.15, 0.2) is 0 Å². The van der Waals surface area contributed by atoms with E-state index in [1.165, 1.54) is 31.0 Å². The van der Waals surface area contributed by atoms with Crippen LogP contribution in [0.4, 0.5) is 0 Å². The summed E-state index contributed by atoms with van der Waals surface area (Å²) in [5.74, 6) is 5.79. The topological polar surface area (TPSA) is 38.0 Å². The highest BCUT2D eigenvalue weighted by Crippen LogP contribution is 2.36. The molecule has 0 bridgehead atoms. The van der Waals surface area contributed by atoms with Gasteiger partial charge in [-0.25, -0.2) is 5.43 Å². The smallest absolute Gasteiger partial charge is 0.0805 e. The minimum atomic E-state index is 0.0743. The quantitative estimate of drug-likeness (QED) is 0.561. The van der Waals surface area contributed by atoms with Crippen molar-refractivity contribution in [3.63, 3.8) is 0 Å². The fourth-order valence-electron chi connectivity index (χ4n) is 2.40. The second kappa shape index (κ2) is 5.06. The van der Waals surface area contributed by atoms with Crippen molar-refractivity contribution in [2.75, 3.05) is 0 Å². The molecule has 2 nitrogen and oxygen atoms in total. The van der Waals surface area contributed by atoms with E-state index in [-0.39, 0.29) is 6.04 Å². The Morgan fingerprint density at radius 1 is 1.11 bits per heavy atom. The molecule has 0 amide bonds. The maximum atomic E-state index is 5.79. The summed E-state index contributed by atoms with van der Waals surface area (Å²) in [6.07, 6.45) is 0. The molecule has 0 saturated carbocycles. The number of nitrogens with one attached hydrogen (secondary N) is 1. The lowest BCUT2D eigenvalue weighted by Gasteiger charge is -2.17. The van der Waals surface area contributed by atoms with Gasteiger partial charge in [-0.1, -0.05) is 23.8 Å². The summed E-state index contributed by atoms with van der Waals surface area (Å²) in [4.78, 5) is 1.27. The highest BCUT2D eigenvalue weighted by Gasteiger charge is 2.17. The van der Waals surface area contributed by atoms with Gasteiger partial charge in [0.1, 0.15) is 0 Å². The molecule has 2 aromatic heterocycles. The zero-order valence-corrected chi connectivity index (χ0v) is 12.6. The second-order valence-corrected chi connectivity index (χ2v) is 6.82. The van der Waals surface area contributed by atoms with E-state index in [0.29, 0.717) is 0 Å². The van der Waals surface area contributed by atoms with Crippen LogP contribution in [0.1, 0.15) is 27.6 Å². The van der Waals surface area contributed by atoms with E-state index in [0.717, 1.165) is 0 Å². The van der Waals surface area contributed by atoms with Crippen LogP contribution in [0.2, 0.25) is 0 Å². The molecule has 0 saturated heterocycles. The van der Waals surface area contributed by atoms with Crippen LogP contribution in [0, 0.1) is 13.8 Å². The molecule has 0 aliphatic heterocycles. The Kier molecular flexibility index (Phi) is 3.41. The Hall–Kier alpha value is -1.20. The van der Waals surface area contributed by atoms with Crippen LogP contribution >= 0.6 is 22.7 Å². The Bertz CT molecular complexity index is 683. The largest absolute Gasteiger partial charge is 0.271 e. The number of rotatable bonds is 3. The Labute approximate surface area is 120 Å². The van der Waals surface area contributed by atoms with Gasteiger partial charge in [0.25, 0.3) is 0 Å². The van der Waals surface area contributed by atoms with E-state index in [1.54, 1.807) is 11.3 Å². The molecule has 19 heavy (non-hydrogen) atoms. The lowest BCUT2D eigenvalue weighted by atomic mass is 9.98. The number of aryl methyl sites for hydroxylation is 2. The highest BCUT2D eigenvalue weighted by molar-refractivity contribution is 7.27. The van der Waals surface area contributed by atoms with Crippen molar-refractivity contribution >= 4 is 32.1 Å². The van der Waals surface area contributed by atoms with Crippen LogP contribution in [0.5, 0.6) is 0 Å². The molecule has 0 fully saturated rings. The summed E-state index contributed by atoms with van der Waals surface area (Å²) < 4.78 is 2.68. The van der Waals surface area contributed by atoms with Gasteiger partial charge in [0.05, 0.1) is 6.04 Å². The molecule has 0 aliphatic rings. The molecular weight excluding hydrogens is 272 g/mol. The standard InChI is InChI=1S/C15H16N2S2/c1-9-3-4-11(10(2)7-9)15(17-16)14-8-13-12(19-14)5-6-18-13/h3-8,15,17H,16H2,1-2H3. The first-order valence-corrected chi connectivity index (χ1v) is 7.89. The van der Waals surface area contributed by atoms with Crippen molar-refractivity contribution in [3.05, 3.63) is 57.3 Å². The van der Waals surface area contributed by atoms with Gasteiger partial charge in [0, 0.05) is 14.3 Å². The van der Waals surface area contributed by atoms with E-state index in [1.807, 2.05) is 11.3 Å². The minimum Gasteiger partial charge on any atom is -0.271 e. The summed E-state index contributed by atoms with van der Waals surface area (Å²) in [7, 11) is 0. The second-order valence-electron chi connectivity index (χ2n) is 4.76. The van der Waals surface area contributed by atoms with Crippen molar-refractivity contribution in [2.45, 2.75) is 19.9 Å². The van der Waals surface area contributed by atoms with Crippen molar-refractivity contribution in [3.8, 4) is 0 Å². The third kappa shape index (κ3) is 2.32. The van der Waals surface area contributed by atoms with E-state index in [2.05, 4.69) is 55.0 Å². The number of benzene rings is 1. The summed E-state index contributed by atoms with van der Waals surface area (Å²) in [5.41, 5.74) is 6.77. The molecule has 1 atom stereocenters. The van der Waals surface area contributed by atoms with Crippen molar-refractivity contribution in [2.24, 2.45) is 5.84 Å². The number of thiophene rings is 2. The first-order chi connectivity index (χ1) is 9.19. The lowest BCUT2D eigenvalue weighted by molar-refractivity contribution is 0.643. The van der Waals surface area contributed by atoms with E-state index in [9.17, 15) is 0 Å². The molecule has 98 valence electrons. The molecule has 3 aromatic rings. The highest BCUT2D eigenvalue weighted by atomic mass is 32.1.